The first-order chi connectivity index (χ1) is 15.9. The quantitative estimate of drug-likeness (QED) is 0.299. The highest BCUT2D eigenvalue weighted by molar-refractivity contribution is 7.13. The third-order valence-electron chi connectivity index (χ3n) is 5.82. The molecule has 1 aliphatic rings. The normalized spacial score (nSPS) is 13.9. The summed E-state index contributed by atoms with van der Waals surface area (Å²) in [4.78, 5) is 23.2. The van der Waals surface area contributed by atoms with Crippen molar-refractivity contribution in [1.82, 2.24) is 20.2 Å². The Labute approximate surface area is 227 Å². The Morgan fingerprint density at radius 2 is 1.83 bits per heavy atom. The second-order valence-electron chi connectivity index (χ2n) is 7.81. The summed E-state index contributed by atoms with van der Waals surface area (Å²) in [6, 6.07) is 6.92. The number of H-pyrrole nitrogens is 1. The van der Waals surface area contributed by atoms with Crippen molar-refractivity contribution in [2.75, 3.05) is 23.3 Å². The number of aromatic nitrogens is 4. The Morgan fingerprint density at radius 3 is 2.50 bits per heavy atom. The van der Waals surface area contributed by atoms with Gasteiger partial charge in [-0.2, -0.15) is 18.3 Å². The lowest BCUT2D eigenvalue weighted by molar-refractivity contribution is -0.140. The molecule has 194 valence electrons. The van der Waals surface area contributed by atoms with Crippen LogP contribution in [0, 0.1) is 5.92 Å². The number of nitrogens with one attached hydrogen (secondary N) is 2. The van der Waals surface area contributed by atoms with Crippen LogP contribution in [0.1, 0.15) is 18.5 Å². The van der Waals surface area contributed by atoms with Crippen LogP contribution in [0.5, 0.6) is 0 Å². The number of hydrogen-bond donors (Lipinski definition) is 2. The predicted molar refractivity (Wildman–Crippen MR) is 142 cm³/mol. The zero-order valence-corrected chi connectivity index (χ0v) is 21.8. The van der Waals surface area contributed by atoms with E-state index in [2.05, 4.69) is 30.4 Å². The van der Waals surface area contributed by atoms with Gasteiger partial charge in [0, 0.05) is 53.4 Å². The first-order valence-corrected chi connectivity index (χ1v) is 11.2. The van der Waals surface area contributed by atoms with Crippen molar-refractivity contribution in [2.45, 2.75) is 19.0 Å². The maximum absolute atomic E-state index is 13.3. The van der Waals surface area contributed by atoms with Crippen LogP contribution in [0.4, 0.5) is 24.0 Å². The zero-order valence-electron chi connectivity index (χ0n) is 18.5. The molecule has 0 radical (unpaired) electrons. The lowest BCUT2D eigenvalue weighted by Crippen LogP contribution is -2.38. The van der Waals surface area contributed by atoms with Crippen LogP contribution in [-0.2, 0) is 11.0 Å². The van der Waals surface area contributed by atoms with Crippen molar-refractivity contribution >= 4 is 76.2 Å². The Bertz CT molecular complexity index is 1290. The van der Waals surface area contributed by atoms with E-state index in [0.29, 0.717) is 42.1 Å². The molecule has 4 aromatic rings. The predicted octanol–water partition coefficient (Wildman–Crippen LogP) is 6.22. The van der Waals surface area contributed by atoms with E-state index in [9.17, 15) is 18.0 Å². The van der Waals surface area contributed by atoms with Gasteiger partial charge in [0.1, 0.15) is 5.69 Å². The standard InChI is InChI=1S/C22H19F3N6OS.3ClH/c23-22(24,25)19-16(12-28-30-19)14-1-2-17-15(11-14)18(3-6-26-17)31-8-4-13(5-9-31)20(32)29-21-27-7-10-33-21;;;/h1-3,6-7,10-13H,4-5,8-9H2,(H,28,30)(H,27,29,32);3*1H. The van der Waals surface area contributed by atoms with Crippen molar-refractivity contribution in [3.05, 3.63) is 53.9 Å². The number of benzene rings is 1. The van der Waals surface area contributed by atoms with Gasteiger partial charge >= 0.3 is 6.18 Å². The fourth-order valence-corrected chi connectivity index (χ4v) is 4.70. The van der Waals surface area contributed by atoms with E-state index < -0.39 is 11.9 Å². The number of alkyl halides is 3. The number of anilines is 2. The highest BCUT2D eigenvalue weighted by Crippen LogP contribution is 2.38. The van der Waals surface area contributed by atoms with Gasteiger partial charge in [0.2, 0.25) is 5.91 Å². The average molecular weight is 582 g/mol. The monoisotopic (exact) mass is 580 g/mol. The average Bonchev–Trinajstić information content (AvgIpc) is 3.50. The number of rotatable bonds is 4. The van der Waals surface area contributed by atoms with Gasteiger partial charge in [-0.25, -0.2) is 4.98 Å². The summed E-state index contributed by atoms with van der Waals surface area (Å²) in [5.41, 5.74) is 1.11. The molecule has 36 heavy (non-hydrogen) atoms. The smallest absolute Gasteiger partial charge is 0.371 e. The van der Waals surface area contributed by atoms with Crippen LogP contribution in [0.15, 0.2) is 48.2 Å². The van der Waals surface area contributed by atoms with Crippen molar-refractivity contribution < 1.29 is 18.0 Å². The number of aromatic amines is 1. The van der Waals surface area contributed by atoms with Gasteiger partial charge in [-0.3, -0.25) is 14.9 Å². The molecule has 2 N–H and O–H groups in total. The molecule has 7 nitrogen and oxygen atoms in total. The fourth-order valence-electron chi connectivity index (χ4n) is 4.17. The largest absolute Gasteiger partial charge is 0.433 e. The summed E-state index contributed by atoms with van der Waals surface area (Å²) in [6.07, 6.45) is 1.33. The molecule has 5 rings (SSSR count). The molecule has 0 saturated carbocycles. The number of hydrogen-bond acceptors (Lipinski definition) is 6. The van der Waals surface area contributed by atoms with Crippen LogP contribution in [-0.4, -0.2) is 39.2 Å². The number of carbonyl (C=O) groups is 1. The summed E-state index contributed by atoms with van der Waals surface area (Å²) in [6.45, 7) is 1.30. The van der Waals surface area contributed by atoms with Gasteiger partial charge in [-0.1, -0.05) is 6.07 Å². The van der Waals surface area contributed by atoms with Crippen LogP contribution < -0.4 is 10.2 Å². The summed E-state index contributed by atoms with van der Waals surface area (Å²) < 4.78 is 40.0. The highest BCUT2D eigenvalue weighted by atomic mass is 35.5. The van der Waals surface area contributed by atoms with E-state index in [-0.39, 0.29) is 54.6 Å². The lowest BCUT2D eigenvalue weighted by atomic mass is 9.95. The molecule has 0 spiro atoms. The van der Waals surface area contributed by atoms with Crippen molar-refractivity contribution in [2.24, 2.45) is 5.92 Å². The molecule has 1 amide bonds. The van der Waals surface area contributed by atoms with E-state index >= 15 is 0 Å². The number of amides is 1. The number of thiazole rings is 1. The molecule has 1 fully saturated rings. The van der Waals surface area contributed by atoms with E-state index in [1.54, 1.807) is 30.6 Å². The molecular weight excluding hydrogens is 560 g/mol. The minimum absolute atomic E-state index is 0. The molecule has 0 bridgehead atoms. The van der Waals surface area contributed by atoms with Gasteiger partial charge in [0.25, 0.3) is 0 Å². The minimum atomic E-state index is -4.53. The van der Waals surface area contributed by atoms with Crippen molar-refractivity contribution in [3.8, 4) is 11.1 Å². The summed E-state index contributed by atoms with van der Waals surface area (Å²) in [5.74, 6) is -0.153. The molecular formula is C22H22Cl3F3N6OS. The second kappa shape index (κ2) is 12.1. The van der Waals surface area contributed by atoms with E-state index in [1.807, 2.05) is 11.4 Å². The van der Waals surface area contributed by atoms with Gasteiger partial charge in [0.05, 0.1) is 11.7 Å². The van der Waals surface area contributed by atoms with Gasteiger partial charge in [-0.05, 0) is 36.6 Å². The molecule has 14 heteroatoms. The minimum Gasteiger partial charge on any atom is -0.371 e. The van der Waals surface area contributed by atoms with Crippen LogP contribution in [0.2, 0.25) is 0 Å². The highest BCUT2D eigenvalue weighted by Gasteiger charge is 2.36. The maximum Gasteiger partial charge on any atom is 0.433 e. The van der Waals surface area contributed by atoms with Gasteiger partial charge < -0.3 is 10.2 Å². The molecule has 0 unspecified atom stereocenters. The summed E-state index contributed by atoms with van der Waals surface area (Å²) >= 11 is 1.38. The fraction of sp³-hybridized carbons (Fsp3) is 0.273. The molecule has 0 atom stereocenters. The first kappa shape index (κ1) is 29.6. The molecule has 1 aromatic carbocycles. The SMILES string of the molecule is Cl.Cl.Cl.O=C(Nc1nccs1)C1CCN(c2ccnc3ccc(-c4cn[nH]c4C(F)(F)F)cc23)CC1. The Hall–Kier alpha value is -2.60. The molecule has 0 aliphatic carbocycles. The maximum atomic E-state index is 13.3. The summed E-state index contributed by atoms with van der Waals surface area (Å²) in [5, 5.41) is 11.7. The first-order valence-electron chi connectivity index (χ1n) is 10.3. The molecule has 1 aliphatic heterocycles. The van der Waals surface area contributed by atoms with Crippen LogP contribution in [0.3, 0.4) is 0 Å². The molecule has 4 heterocycles. The van der Waals surface area contributed by atoms with Gasteiger partial charge in [0.15, 0.2) is 5.13 Å². The number of piperidine rings is 1. The van der Waals surface area contributed by atoms with E-state index in [0.717, 1.165) is 11.1 Å². The molecule has 1 saturated heterocycles. The second-order valence-corrected chi connectivity index (χ2v) is 8.70. The lowest BCUT2D eigenvalue weighted by Gasteiger charge is -2.33. The number of fused-ring (bicyclic) bond motifs is 1. The third kappa shape index (κ3) is 6.03. The zero-order chi connectivity index (χ0) is 23.0. The van der Waals surface area contributed by atoms with Gasteiger partial charge in [-0.15, -0.1) is 48.6 Å². The van der Waals surface area contributed by atoms with E-state index in [1.165, 1.54) is 17.5 Å². The number of halogens is 6. The summed E-state index contributed by atoms with van der Waals surface area (Å²) in [7, 11) is 0. The van der Waals surface area contributed by atoms with Crippen molar-refractivity contribution in [1.29, 1.82) is 0 Å². The Balaban J connectivity index is 0.00000152. The van der Waals surface area contributed by atoms with Crippen LogP contribution >= 0.6 is 48.6 Å². The van der Waals surface area contributed by atoms with Crippen molar-refractivity contribution in [3.63, 3.8) is 0 Å². The third-order valence-corrected chi connectivity index (χ3v) is 6.51. The number of carbonyl (C=O) groups excluding carboxylic acids is 1. The number of nitrogens with zero attached hydrogens (tertiary/aromatic N) is 4. The topological polar surface area (TPSA) is 86.8 Å². The molecule has 3 aromatic heterocycles. The number of pyridine rings is 1. The Kier molecular flexibility index (Phi) is 9.95. The van der Waals surface area contributed by atoms with Crippen LogP contribution in [0.25, 0.3) is 22.0 Å². The Morgan fingerprint density at radius 1 is 1.08 bits per heavy atom. The van der Waals surface area contributed by atoms with E-state index in [4.69, 9.17) is 0 Å².